The van der Waals surface area contributed by atoms with Gasteiger partial charge in [-0.3, -0.25) is 14.7 Å². The molecule has 5 heteroatoms. The number of pyridine rings is 1. The van der Waals surface area contributed by atoms with E-state index < -0.39 is 0 Å². The van der Waals surface area contributed by atoms with Crippen molar-refractivity contribution in [3.05, 3.63) is 60.0 Å². The average molecular weight is 322 g/mol. The van der Waals surface area contributed by atoms with E-state index in [4.69, 9.17) is 11.6 Å². The summed E-state index contributed by atoms with van der Waals surface area (Å²) >= 11 is 6.35. The zero-order valence-corrected chi connectivity index (χ0v) is 13.3. The molecule has 110 valence electrons. The minimum absolute atomic E-state index is 0. The SMILES string of the molecule is CCCN(c1ccncc1)n1cc(Cl)c2ccccc21.Cl. The quantitative estimate of drug-likeness (QED) is 0.688. The van der Waals surface area contributed by atoms with Crippen LogP contribution in [-0.2, 0) is 0 Å². The largest absolute Gasteiger partial charge is 0.281 e. The Labute approximate surface area is 135 Å². The molecule has 21 heavy (non-hydrogen) atoms. The first kappa shape index (κ1) is 15.7. The van der Waals surface area contributed by atoms with E-state index in [-0.39, 0.29) is 12.4 Å². The van der Waals surface area contributed by atoms with Crippen molar-refractivity contribution in [3.8, 4) is 0 Å². The van der Waals surface area contributed by atoms with Crippen LogP contribution in [0.3, 0.4) is 0 Å². The van der Waals surface area contributed by atoms with Crippen LogP contribution >= 0.6 is 24.0 Å². The van der Waals surface area contributed by atoms with Crippen molar-refractivity contribution in [3.63, 3.8) is 0 Å². The monoisotopic (exact) mass is 321 g/mol. The minimum Gasteiger partial charge on any atom is -0.281 e. The second-order valence-electron chi connectivity index (χ2n) is 4.67. The van der Waals surface area contributed by atoms with E-state index in [2.05, 4.69) is 27.7 Å². The smallest absolute Gasteiger partial charge is 0.0714 e. The molecular formula is C16H17Cl2N3. The third-order valence-electron chi connectivity index (χ3n) is 3.30. The summed E-state index contributed by atoms with van der Waals surface area (Å²) in [6.45, 7) is 3.08. The van der Waals surface area contributed by atoms with Crippen molar-refractivity contribution in [1.29, 1.82) is 0 Å². The van der Waals surface area contributed by atoms with Crippen LogP contribution in [0, 0.1) is 0 Å². The van der Waals surface area contributed by atoms with Gasteiger partial charge in [-0.25, -0.2) is 0 Å². The van der Waals surface area contributed by atoms with Crippen LogP contribution in [0.25, 0.3) is 10.9 Å². The fourth-order valence-electron chi connectivity index (χ4n) is 2.41. The zero-order valence-electron chi connectivity index (χ0n) is 11.7. The highest BCUT2D eigenvalue weighted by Crippen LogP contribution is 2.28. The predicted molar refractivity (Wildman–Crippen MR) is 91.5 cm³/mol. The number of nitrogens with zero attached hydrogens (tertiary/aromatic N) is 3. The van der Waals surface area contributed by atoms with Crippen molar-refractivity contribution < 1.29 is 0 Å². The summed E-state index contributed by atoms with van der Waals surface area (Å²) in [7, 11) is 0. The summed E-state index contributed by atoms with van der Waals surface area (Å²) < 4.78 is 2.12. The molecular weight excluding hydrogens is 305 g/mol. The van der Waals surface area contributed by atoms with Crippen LogP contribution in [0.1, 0.15) is 13.3 Å². The zero-order chi connectivity index (χ0) is 13.9. The standard InChI is InChI=1S/C16H16ClN3.ClH/c1-2-11-19(13-7-9-18-10-8-13)20-12-15(17)14-5-3-4-6-16(14)20;/h3-10,12H,2,11H2,1H3;1H. The Morgan fingerprint density at radius 3 is 2.57 bits per heavy atom. The van der Waals surface area contributed by atoms with Gasteiger partial charge in [-0.2, -0.15) is 0 Å². The molecule has 0 aliphatic rings. The third-order valence-corrected chi connectivity index (χ3v) is 3.60. The maximum Gasteiger partial charge on any atom is 0.0714 e. The van der Waals surface area contributed by atoms with Gasteiger partial charge in [0.15, 0.2) is 0 Å². The predicted octanol–water partition coefficient (Wildman–Crippen LogP) is 4.79. The highest BCUT2D eigenvalue weighted by atomic mass is 35.5. The van der Waals surface area contributed by atoms with Crippen LogP contribution in [0.2, 0.25) is 5.02 Å². The summed E-state index contributed by atoms with van der Waals surface area (Å²) in [6, 6.07) is 12.2. The van der Waals surface area contributed by atoms with Gasteiger partial charge in [0.2, 0.25) is 0 Å². The molecule has 2 heterocycles. The van der Waals surface area contributed by atoms with Gasteiger partial charge in [-0.15, -0.1) is 12.4 Å². The van der Waals surface area contributed by atoms with E-state index >= 15 is 0 Å². The molecule has 0 spiro atoms. The Balaban J connectivity index is 0.00000161. The molecule has 0 N–H and O–H groups in total. The topological polar surface area (TPSA) is 21.1 Å². The number of para-hydroxylation sites is 1. The number of hydrogen-bond donors (Lipinski definition) is 0. The molecule has 3 rings (SSSR count). The van der Waals surface area contributed by atoms with Crippen LogP contribution in [-0.4, -0.2) is 16.2 Å². The molecule has 0 fully saturated rings. The molecule has 0 aliphatic heterocycles. The summed E-state index contributed by atoms with van der Waals surface area (Å²) in [5.74, 6) is 0. The second kappa shape index (κ2) is 6.83. The Morgan fingerprint density at radius 1 is 1.14 bits per heavy atom. The van der Waals surface area contributed by atoms with E-state index in [1.54, 1.807) is 0 Å². The first-order valence-corrected chi connectivity index (χ1v) is 7.12. The number of fused-ring (bicyclic) bond motifs is 1. The van der Waals surface area contributed by atoms with Crippen molar-refractivity contribution in [1.82, 2.24) is 9.66 Å². The Bertz CT molecular complexity index is 710. The van der Waals surface area contributed by atoms with E-state index in [1.807, 2.05) is 48.9 Å². The molecule has 3 nitrogen and oxygen atoms in total. The molecule has 3 aromatic rings. The lowest BCUT2D eigenvalue weighted by atomic mass is 10.2. The van der Waals surface area contributed by atoms with Crippen LogP contribution in [0.4, 0.5) is 5.69 Å². The second-order valence-corrected chi connectivity index (χ2v) is 5.07. The number of rotatable bonds is 4. The fraction of sp³-hybridized carbons (Fsp3) is 0.188. The first-order valence-electron chi connectivity index (χ1n) is 6.74. The van der Waals surface area contributed by atoms with Gasteiger partial charge in [-0.1, -0.05) is 36.7 Å². The number of halogens is 2. The van der Waals surface area contributed by atoms with E-state index in [0.717, 1.165) is 34.6 Å². The normalized spacial score (nSPS) is 10.4. The fourth-order valence-corrected chi connectivity index (χ4v) is 2.66. The number of hydrogen-bond acceptors (Lipinski definition) is 2. The lowest BCUT2D eigenvalue weighted by Crippen LogP contribution is -2.29. The molecule has 0 atom stereocenters. The van der Waals surface area contributed by atoms with E-state index in [1.165, 1.54) is 0 Å². The minimum atomic E-state index is 0. The molecule has 2 aromatic heterocycles. The van der Waals surface area contributed by atoms with Crippen LogP contribution < -0.4 is 5.01 Å². The number of benzene rings is 1. The molecule has 0 aliphatic carbocycles. The lowest BCUT2D eigenvalue weighted by Gasteiger charge is -2.26. The highest BCUT2D eigenvalue weighted by molar-refractivity contribution is 6.35. The van der Waals surface area contributed by atoms with Crippen molar-refractivity contribution in [2.75, 3.05) is 11.6 Å². The molecule has 0 saturated heterocycles. The number of anilines is 1. The van der Waals surface area contributed by atoms with Gasteiger partial charge >= 0.3 is 0 Å². The molecule has 0 radical (unpaired) electrons. The summed E-state index contributed by atoms with van der Waals surface area (Å²) in [6.07, 6.45) is 6.64. The molecule has 0 amide bonds. The van der Waals surface area contributed by atoms with Crippen LogP contribution in [0.15, 0.2) is 55.0 Å². The molecule has 0 saturated carbocycles. The van der Waals surface area contributed by atoms with Gasteiger partial charge in [-0.05, 0) is 24.6 Å². The average Bonchev–Trinajstić information content (AvgIpc) is 2.83. The van der Waals surface area contributed by atoms with Crippen molar-refractivity contribution >= 4 is 40.6 Å². The summed E-state index contributed by atoms with van der Waals surface area (Å²) in [4.78, 5) is 4.09. The maximum atomic E-state index is 6.35. The third kappa shape index (κ3) is 2.99. The molecule has 0 unspecified atom stereocenters. The Kier molecular flexibility index (Phi) is 5.10. The summed E-state index contributed by atoms with van der Waals surface area (Å²) in [5, 5.41) is 4.07. The Hall–Kier alpha value is -1.71. The van der Waals surface area contributed by atoms with Gasteiger partial charge < -0.3 is 0 Å². The van der Waals surface area contributed by atoms with E-state index in [9.17, 15) is 0 Å². The lowest BCUT2D eigenvalue weighted by molar-refractivity contribution is 0.696. The van der Waals surface area contributed by atoms with Gasteiger partial charge in [0.25, 0.3) is 0 Å². The van der Waals surface area contributed by atoms with Crippen LogP contribution in [0.5, 0.6) is 0 Å². The van der Waals surface area contributed by atoms with Crippen molar-refractivity contribution in [2.24, 2.45) is 0 Å². The molecule has 0 bridgehead atoms. The van der Waals surface area contributed by atoms with Crippen molar-refractivity contribution in [2.45, 2.75) is 13.3 Å². The van der Waals surface area contributed by atoms with Gasteiger partial charge in [0, 0.05) is 30.5 Å². The number of aromatic nitrogens is 2. The maximum absolute atomic E-state index is 6.35. The first-order chi connectivity index (χ1) is 9.81. The molecule has 1 aromatic carbocycles. The summed E-state index contributed by atoms with van der Waals surface area (Å²) in [5.41, 5.74) is 2.22. The Morgan fingerprint density at radius 2 is 1.86 bits per heavy atom. The highest BCUT2D eigenvalue weighted by Gasteiger charge is 2.13. The van der Waals surface area contributed by atoms with Gasteiger partial charge in [0.1, 0.15) is 0 Å². The van der Waals surface area contributed by atoms with E-state index in [0.29, 0.717) is 0 Å². The van der Waals surface area contributed by atoms with Gasteiger partial charge in [0.05, 0.1) is 16.2 Å².